The summed E-state index contributed by atoms with van der Waals surface area (Å²) in [6, 6.07) is 2.99. The van der Waals surface area contributed by atoms with E-state index in [4.69, 9.17) is 10.2 Å². The molecule has 0 aliphatic carbocycles. The van der Waals surface area contributed by atoms with Crippen molar-refractivity contribution in [3.63, 3.8) is 0 Å². The summed E-state index contributed by atoms with van der Waals surface area (Å²) in [6.07, 6.45) is 0.610. The topological polar surface area (TPSA) is 93.6 Å². The molecule has 0 unspecified atom stereocenters. The van der Waals surface area contributed by atoms with E-state index < -0.39 is 0 Å². The van der Waals surface area contributed by atoms with Gasteiger partial charge in [-0.25, -0.2) is 0 Å². The average Bonchev–Trinajstić information content (AvgIpc) is 2.76. The molecule has 0 spiro atoms. The number of aldehydes is 1. The minimum Gasteiger partial charge on any atom is -0.395 e. The number of carbonyl (C=O) groups is 2. The third kappa shape index (κ3) is 2.91. The van der Waals surface area contributed by atoms with Crippen LogP contribution in [0.15, 0.2) is 12.1 Å². The molecule has 0 atom stereocenters. The van der Waals surface area contributed by atoms with Gasteiger partial charge < -0.3 is 20.1 Å². The minimum atomic E-state index is -0.351. The van der Waals surface area contributed by atoms with E-state index in [2.05, 4.69) is 4.98 Å². The highest BCUT2D eigenvalue weighted by Gasteiger charge is 2.16. The molecule has 1 aromatic rings. The summed E-state index contributed by atoms with van der Waals surface area (Å²) in [5, 5.41) is 17.5. The number of H-pyrrole nitrogens is 1. The molecule has 6 heteroatoms. The third-order valence-electron chi connectivity index (χ3n) is 2.09. The van der Waals surface area contributed by atoms with Crippen molar-refractivity contribution in [2.24, 2.45) is 0 Å². The van der Waals surface area contributed by atoms with Gasteiger partial charge in [0.15, 0.2) is 6.29 Å². The summed E-state index contributed by atoms with van der Waals surface area (Å²) in [4.78, 5) is 26.2. The first-order chi connectivity index (χ1) is 7.72. The van der Waals surface area contributed by atoms with Gasteiger partial charge in [0.05, 0.1) is 18.9 Å². The molecule has 6 nitrogen and oxygen atoms in total. The fourth-order valence-corrected chi connectivity index (χ4v) is 1.33. The number of aliphatic hydroxyl groups is 2. The van der Waals surface area contributed by atoms with Crippen LogP contribution in [0.2, 0.25) is 0 Å². The van der Waals surface area contributed by atoms with Gasteiger partial charge >= 0.3 is 0 Å². The molecule has 1 aromatic heterocycles. The molecule has 0 saturated heterocycles. The van der Waals surface area contributed by atoms with Crippen LogP contribution in [0.5, 0.6) is 0 Å². The zero-order valence-electron chi connectivity index (χ0n) is 8.72. The molecule has 0 radical (unpaired) electrons. The number of carbonyl (C=O) groups excluding carboxylic acids is 2. The molecule has 0 bridgehead atoms. The van der Waals surface area contributed by atoms with Crippen LogP contribution in [0, 0.1) is 0 Å². The van der Waals surface area contributed by atoms with Gasteiger partial charge in [-0.2, -0.15) is 0 Å². The number of rotatable bonds is 6. The summed E-state index contributed by atoms with van der Waals surface area (Å²) in [5.74, 6) is -0.351. The van der Waals surface area contributed by atoms with Crippen molar-refractivity contribution in [2.45, 2.75) is 0 Å². The maximum atomic E-state index is 11.8. The highest BCUT2D eigenvalue weighted by Crippen LogP contribution is 2.04. The van der Waals surface area contributed by atoms with Gasteiger partial charge in [-0.3, -0.25) is 9.59 Å². The Kier molecular flexibility index (Phi) is 4.68. The van der Waals surface area contributed by atoms with Crippen molar-refractivity contribution < 1.29 is 19.8 Å². The number of hydrogen-bond acceptors (Lipinski definition) is 4. The Bertz CT molecular complexity index is 355. The average molecular weight is 226 g/mol. The zero-order chi connectivity index (χ0) is 12.0. The maximum absolute atomic E-state index is 11.8. The van der Waals surface area contributed by atoms with Crippen molar-refractivity contribution in [3.05, 3.63) is 23.5 Å². The zero-order valence-corrected chi connectivity index (χ0v) is 8.72. The Labute approximate surface area is 92.5 Å². The molecule has 88 valence electrons. The second-order valence-corrected chi connectivity index (χ2v) is 3.18. The number of nitrogens with one attached hydrogen (secondary N) is 1. The lowest BCUT2D eigenvalue weighted by atomic mass is 10.3. The highest BCUT2D eigenvalue weighted by molar-refractivity contribution is 5.93. The fraction of sp³-hybridized carbons (Fsp3) is 0.400. The van der Waals surface area contributed by atoms with E-state index >= 15 is 0 Å². The second-order valence-electron chi connectivity index (χ2n) is 3.18. The Hall–Kier alpha value is -1.66. The van der Waals surface area contributed by atoms with Gasteiger partial charge in [0.2, 0.25) is 0 Å². The van der Waals surface area contributed by atoms with E-state index in [1.165, 1.54) is 17.0 Å². The molecule has 0 aliphatic heterocycles. The summed E-state index contributed by atoms with van der Waals surface area (Å²) in [7, 11) is 0. The molecule has 1 heterocycles. The summed E-state index contributed by atoms with van der Waals surface area (Å²) >= 11 is 0. The third-order valence-corrected chi connectivity index (χ3v) is 2.09. The van der Waals surface area contributed by atoms with Crippen molar-refractivity contribution >= 4 is 12.2 Å². The second kappa shape index (κ2) is 6.04. The molecule has 0 aromatic carbocycles. The molecular weight excluding hydrogens is 212 g/mol. The predicted molar refractivity (Wildman–Crippen MR) is 56.3 cm³/mol. The lowest BCUT2D eigenvalue weighted by Gasteiger charge is -2.19. The van der Waals surface area contributed by atoms with Crippen LogP contribution in [-0.2, 0) is 0 Å². The van der Waals surface area contributed by atoms with Gasteiger partial charge in [0.1, 0.15) is 5.69 Å². The quantitative estimate of drug-likeness (QED) is 0.556. The van der Waals surface area contributed by atoms with Crippen LogP contribution in [0.3, 0.4) is 0 Å². The van der Waals surface area contributed by atoms with E-state index in [0.717, 1.165) is 0 Å². The number of nitrogens with zero attached hydrogens (tertiary/aromatic N) is 1. The first-order valence-electron chi connectivity index (χ1n) is 4.88. The van der Waals surface area contributed by atoms with Crippen LogP contribution in [0.4, 0.5) is 0 Å². The van der Waals surface area contributed by atoms with E-state index in [-0.39, 0.29) is 37.9 Å². The standard InChI is InChI=1S/C10H14N2O4/c13-5-3-12(4-6-14)10(16)9-2-1-8(7-15)11-9/h1-2,7,11,13-14H,3-6H2. The van der Waals surface area contributed by atoms with Crippen LogP contribution in [-0.4, -0.2) is 58.6 Å². The smallest absolute Gasteiger partial charge is 0.270 e. The summed E-state index contributed by atoms with van der Waals surface area (Å²) in [5.41, 5.74) is 0.584. The Morgan fingerprint density at radius 1 is 1.31 bits per heavy atom. The molecule has 16 heavy (non-hydrogen) atoms. The molecule has 0 fully saturated rings. The first-order valence-corrected chi connectivity index (χ1v) is 4.88. The van der Waals surface area contributed by atoms with E-state index in [0.29, 0.717) is 12.0 Å². The highest BCUT2D eigenvalue weighted by atomic mass is 16.3. The van der Waals surface area contributed by atoms with Gasteiger partial charge in [0, 0.05) is 13.1 Å². The first kappa shape index (κ1) is 12.4. The van der Waals surface area contributed by atoms with Crippen LogP contribution in [0.1, 0.15) is 21.0 Å². The van der Waals surface area contributed by atoms with Crippen molar-refractivity contribution in [1.29, 1.82) is 0 Å². The number of aliphatic hydroxyl groups excluding tert-OH is 2. The van der Waals surface area contributed by atoms with Crippen LogP contribution in [0.25, 0.3) is 0 Å². The van der Waals surface area contributed by atoms with Crippen LogP contribution < -0.4 is 0 Å². The number of aromatic amines is 1. The van der Waals surface area contributed by atoms with Gasteiger partial charge in [-0.1, -0.05) is 0 Å². The summed E-state index contributed by atoms with van der Waals surface area (Å²) < 4.78 is 0. The van der Waals surface area contributed by atoms with Crippen molar-refractivity contribution in [1.82, 2.24) is 9.88 Å². The molecule has 3 N–H and O–H groups in total. The fourth-order valence-electron chi connectivity index (χ4n) is 1.33. The normalized spacial score (nSPS) is 10.1. The van der Waals surface area contributed by atoms with E-state index in [9.17, 15) is 9.59 Å². The lowest BCUT2D eigenvalue weighted by Crippen LogP contribution is -2.36. The number of amides is 1. The molecule has 0 aliphatic rings. The van der Waals surface area contributed by atoms with Gasteiger partial charge in [-0.15, -0.1) is 0 Å². The minimum absolute atomic E-state index is 0.148. The predicted octanol–water partition coefficient (Wildman–Crippen LogP) is -0.746. The van der Waals surface area contributed by atoms with Crippen molar-refractivity contribution in [3.8, 4) is 0 Å². The number of hydrogen-bond donors (Lipinski definition) is 3. The van der Waals surface area contributed by atoms with Crippen LogP contribution >= 0.6 is 0 Å². The van der Waals surface area contributed by atoms with Gasteiger partial charge in [-0.05, 0) is 12.1 Å². The maximum Gasteiger partial charge on any atom is 0.270 e. The molecule has 1 rings (SSSR count). The largest absolute Gasteiger partial charge is 0.395 e. The molecule has 0 saturated carbocycles. The van der Waals surface area contributed by atoms with Crippen molar-refractivity contribution in [2.75, 3.05) is 26.3 Å². The summed E-state index contributed by atoms with van der Waals surface area (Å²) in [6.45, 7) is -0.0519. The lowest BCUT2D eigenvalue weighted by molar-refractivity contribution is 0.0679. The Morgan fingerprint density at radius 2 is 1.94 bits per heavy atom. The monoisotopic (exact) mass is 226 g/mol. The van der Waals surface area contributed by atoms with Gasteiger partial charge in [0.25, 0.3) is 5.91 Å². The van der Waals surface area contributed by atoms with E-state index in [1.807, 2.05) is 0 Å². The SMILES string of the molecule is O=Cc1ccc(C(=O)N(CCO)CCO)[nH]1. The molecule has 1 amide bonds. The number of aromatic nitrogens is 1. The van der Waals surface area contributed by atoms with E-state index in [1.54, 1.807) is 0 Å². The Morgan fingerprint density at radius 3 is 2.38 bits per heavy atom. The Balaban J connectivity index is 2.76. The molecular formula is C10H14N2O4.